The molecule has 1 spiro atoms. The lowest BCUT2D eigenvalue weighted by molar-refractivity contribution is 0.668. The second-order valence-corrected chi connectivity index (χ2v) is 17.1. The first-order chi connectivity index (χ1) is 31.8. The Morgan fingerprint density at radius 2 is 0.844 bits per heavy atom. The molecule has 3 heteroatoms. The standard InChI is InChI=1S/C61H37NO2/c1-2-17-38(18-3-1)40-19-8-13-29-54(40)62(55-30-16-26-47-45-23-9-14-31-56(45)63-59(47)55)39-33-34-44-42-21-5-4-20-41(42)43-22-6-11-27-50(43)61(53(44)37-39)51-28-12-7-25-49(51)58-52(61)36-35-48-46-24-10-15-32-57(46)64-60(48)58/h1-37H. The summed E-state index contributed by atoms with van der Waals surface area (Å²) in [7, 11) is 0. The zero-order chi connectivity index (χ0) is 41.9. The fourth-order valence-electron chi connectivity index (χ4n) is 11.3. The quantitative estimate of drug-likeness (QED) is 0.177. The van der Waals surface area contributed by atoms with Crippen LogP contribution in [-0.2, 0) is 5.41 Å². The van der Waals surface area contributed by atoms with Crippen molar-refractivity contribution in [3.05, 3.63) is 247 Å². The van der Waals surface area contributed by atoms with Crippen LogP contribution in [0.15, 0.2) is 233 Å². The van der Waals surface area contributed by atoms with Crippen molar-refractivity contribution >= 4 is 60.9 Å². The Hall–Kier alpha value is -8.40. The van der Waals surface area contributed by atoms with Crippen LogP contribution in [0.2, 0.25) is 0 Å². The summed E-state index contributed by atoms with van der Waals surface area (Å²) >= 11 is 0. The summed E-state index contributed by atoms with van der Waals surface area (Å²) < 4.78 is 13.8. The fourth-order valence-corrected chi connectivity index (χ4v) is 11.3. The monoisotopic (exact) mass is 815 g/mol. The van der Waals surface area contributed by atoms with Crippen LogP contribution in [0.3, 0.4) is 0 Å². The van der Waals surface area contributed by atoms with E-state index in [2.05, 4.69) is 223 Å². The average Bonchev–Trinajstić information content (AvgIpc) is 4.01. The average molecular weight is 816 g/mol. The van der Waals surface area contributed by atoms with Crippen LogP contribution in [0.1, 0.15) is 22.3 Å². The van der Waals surface area contributed by atoms with E-state index in [0.717, 1.165) is 77.6 Å². The van der Waals surface area contributed by atoms with Crippen molar-refractivity contribution in [2.45, 2.75) is 5.41 Å². The molecule has 1 atom stereocenters. The van der Waals surface area contributed by atoms with Crippen molar-refractivity contribution in [3.63, 3.8) is 0 Å². The highest BCUT2D eigenvalue weighted by atomic mass is 16.3. The molecule has 2 aromatic heterocycles. The van der Waals surface area contributed by atoms with E-state index in [-0.39, 0.29) is 0 Å². The maximum atomic E-state index is 6.94. The van der Waals surface area contributed by atoms with Gasteiger partial charge in [-0.15, -0.1) is 0 Å². The number of hydrogen-bond donors (Lipinski definition) is 0. The van der Waals surface area contributed by atoms with E-state index < -0.39 is 5.41 Å². The van der Waals surface area contributed by atoms with Gasteiger partial charge in [0.1, 0.15) is 16.7 Å². The number of rotatable bonds is 4. The van der Waals surface area contributed by atoms with Crippen LogP contribution >= 0.6 is 0 Å². The van der Waals surface area contributed by atoms with Crippen molar-refractivity contribution in [3.8, 4) is 44.5 Å². The molecule has 0 fully saturated rings. The molecule has 0 aliphatic heterocycles. The molecular weight excluding hydrogens is 779 g/mol. The van der Waals surface area contributed by atoms with Crippen LogP contribution in [0, 0.1) is 0 Å². The molecule has 0 radical (unpaired) electrons. The smallest absolute Gasteiger partial charge is 0.159 e. The molecule has 3 nitrogen and oxygen atoms in total. The lowest BCUT2D eigenvalue weighted by Crippen LogP contribution is -2.29. The molecular formula is C61H37NO2. The largest absolute Gasteiger partial charge is 0.455 e. The molecule has 0 N–H and O–H groups in total. The first kappa shape index (κ1) is 35.2. The lowest BCUT2D eigenvalue weighted by atomic mass is 9.65. The third-order valence-corrected chi connectivity index (χ3v) is 13.9. The Labute approximate surface area is 369 Å². The third kappa shape index (κ3) is 4.70. The maximum Gasteiger partial charge on any atom is 0.159 e. The van der Waals surface area contributed by atoms with Gasteiger partial charge in [0.25, 0.3) is 0 Å². The van der Waals surface area contributed by atoms with Gasteiger partial charge >= 0.3 is 0 Å². The predicted octanol–water partition coefficient (Wildman–Crippen LogP) is 16.6. The van der Waals surface area contributed by atoms with E-state index in [1.54, 1.807) is 0 Å². The van der Waals surface area contributed by atoms with Gasteiger partial charge in [0, 0.05) is 38.4 Å². The molecule has 2 heterocycles. The van der Waals surface area contributed by atoms with Gasteiger partial charge < -0.3 is 13.7 Å². The normalized spacial score (nSPS) is 14.6. The van der Waals surface area contributed by atoms with E-state index in [9.17, 15) is 0 Å². The first-order valence-electron chi connectivity index (χ1n) is 22.0. The minimum atomic E-state index is -0.726. The summed E-state index contributed by atoms with van der Waals surface area (Å²) in [6.45, 7) is 0. The zero-order valence-electron chi connectivity index (χ0n) is 34.6. The molecule has 10 aromatic carbocycles. The maximum absolute atomic E-state index is 6.94. The Morgan fingerprint density at radius 1 is 0.312 bits per heavy atom. The van der Waals surface area contributed by atoms with Gasteiger partial charge in [-0.05, 0) is 92.0 Å². The van der Waals surface area contributed by atoms with Gasteiger partial charge in [-0.25, -0.2) is 0 Å². The van der Waals surface area contributed by atoms with Gasteiger partial charge in [0.2, 0.25) is 0 Å². The van der Waals surface area contributed by atoms with Crippen molar-refractivity contribution in [2.24, 2.45) is 0 Å². The number of benzene rings is 10. The van der Waals surface area contributed by atoms with E-state index >= 15 is 0 Å². The van der Waals surface area contributed by atoms with Crippen LogP contribution < -0.4 is 4.90 Å². The predicted molar refractivity (Wildman–Crippen MR) is 263 cm³/mol. The highest BCUT2D eigenvalue weighted by Crippen LogP contribution is 2.63. The Balaban J connectivity index is 1.14. The van der Waals surface area contributed by atoms with E-state index in [4.69, 9.17) is 8.83 Å². The van der Waals surface area contributed by atoms with Crippen molar-refractivity contribution < 1.29 is 8.83 Å². The topological polar surface area (TPSA) is 29.5 Å². The molecule has 0 bridgehead atoms. The second-order valence-electron chi connectivity index (χ2n) is 17.1. The van der Waals surface area contributed by atoms with Crippen LogP contribution in [-0.4, -0.2) is 0 Å². The summed E-state index contributed by atoms with van der Waals surface area (Å²) in [6, 6.07) is 81.7. The number of anilines is 3. The Morgan fingerprint density at radius 3 is 1.59 bits per heavy atom. The Bertz CT molecular complexity index is 3870. The summed E-state index contributed by atoms with van der Waals surface area (Å²) in [6.07, 6.45) is 0. The highest BCUT2D eigenvalue weighted by molar-refractivity contribution is 6.14. The first-order valence-corrected chi connectivity index (χ1v) is 22.0. The zero-order valence-corrected chi connectivity index (χ0v) is 34.6. The number of hydrogen-bond acceptors (Lipinski definition) is 3. The van der Waals surface area contributed by atoms with Crippen molar-refractivity contribution in [1.82, 2.24) is 0 Å². The Kier molecular flexibility index (Phi) is 7.32. The minimum absolute atomic E-state index is 0.726. The van der Waals surface area contributed by atoms with E-state index in [1.165, 1.54) is 50.1 Å². The third-order valence-electron chi connectivity index (χ3n) is 13.9. The molecule has 12 aromatic rings. The fraction of sp³-hybridized carbons (Fsp3) is 0.0164. The van der Waals surface area contributed by atoms with Crippen LogP contribution in [0.5, 0.6) is 0 Å². The van der Waals surface area contributed by atoms with Gasteiger partial charge in [0.15, 0.2) is 5.58 Å². The molecule has 0 amide bonds. The van der Waals surface area contributed by atoms with Crippen molar-refractivity contribution in [1.29, 1.82) is 0 Å². The molecule has 0 saturated heterocycles. The number of furan rings is 2. The number of fused-ring (bicyclic) bond motifs is 19. The summed E-state index contributed by atoms with van der Waals surface area (Å²) in [5, 5.41) is 4.43. The molecule has 2 aliphatic carbocycles. The summed E-state index contributed by atoms with van der Waals surface area (Å²) in [5.41, 5.74) is 20.2. The molecule has 64 heavy (non-hydrogen) atoms. The lowest BCUT2D eigenvalue weighted by Gasteiger charge is -2.36. The van der Waals surface area contributed by atoms with E-state index in [1.807, 2.05) is 6.07 Å². The number of para-hydroxylation sites is 4. The SMILES string of the molecule is c1ccc(-c2ccccc2N(c2ccc3c(c2)C2(c4ccccc4-c4ccccc4-3)c3ccccc3-c3c2ccc2c3oc3ccccc32)c2cccc3c2oc2ccccc23)cc1. The van der Waals surface area contributed by atoms with Crippen LogP contribution in [0.4, 0.5) is 17.1 Å². The second kappa shape index (κ2) is 13.3. The van der Waals surface area contributed by atoms with Gasteiger partial charge in [-0.3, -0.25) is 0 Å². The highest BCUT2D eigenvalue weighted by Gasteiger charge is 2.51. The molecule has 14 rings (SSSR count). The van der Waals surface area contributed by atoms with Gasteiger partial charge in [-0.1, -0.05) is 188 Å². The summed E-state index contributed by atoms with van der Waals surface area (Å²) in [5.74, 6) is 0. The molecule has 2 aliphatic rings. The molecule has 298 valence electrons. The van der Waals surface area contributed by atoms with Gasteiger partial charge in [-0.2, -0.15) is 0 Å². The minimum Gasteiger partial charge on any atom is -0.455 e. The van der Waals surface area contributed by atoms with Gasteiger partial charge in [0.05, 0.1) is 16.8 Å². The van der Waals surface area contributed by atoms with E-state index in [0.29, 0.717) is 0 Å². The van der Waals surface area contributed by atoms with Crippen LogP contribution in [0.25, 0.3) is 88.4 Å². The molecule has 1 unspecified atom stereocenters. The summed E-state index contributed by atoms with van der Waals surface area (Å²) in [4.78, 5) is 2.42. The number of nitrogens with zero attached hydrogens (tertiary/aromatic N) is 1. The van der Waals surface area contributed by atoms with Crippen molar-refractivity contribution in [2.75, 3.05) is 4.90 Å². The molecule has 0 saturated carbocycles.